The summed E-state index contributed by atoms with van der Waals surface area (Å²) >= 11 is 0. The third-order valence-corrected chi connectivity index (χ3v) is 5.03. The van der Waals surface area contributed by atoms with Crippen LogP contribution in [0, 0.1) is 0 Å². The zero-order chi connectivity index (χ0) is 13.9. The van der Waals surface area contributed by atoms with E-state index in [1.165, 1.54) is 12.1 Å². The summed E-state index contributed by atoms with van der Waals surface area (Å²) in [4.78, 5) is 0.582. The van der Waals surface area contributed by atoms with E-state index >= 15 is 0 Å². The zero-order valence-corrected chi connectivity index (χ0v) is 11.4. The Morgan fingerprint density at radius 1 is 1.05 bits per heavy atom. The van der Waals surface area contributed by atoms with Crippen molar-refractivity contribution in [2.24, 2.45) is 0 Å². The first-order valence-corrected chi connectivity index (χ1v) is 7.10. The second-order valence-corrected chi connectivity index (χ2v) is 6.43. The van der Waals surface area contributed by atoms with Crippen LogP contribution in [0.25, 0.3) is 0 Å². The van der Waals surface area contributed by atoms with Crippen LogP contribution in [0.1, 0.15) is 12.5 Å². The number of hydrogen-bond acceptors (Lipinski definition) is 3. The van der Waals surface area contributed by atoms with E-state index in [9.17, 15) is 14.4 Å². The number of phenolic OH excluding ortho intramolecular Hbond substituents is 1. The molecule has 2 unspecified atom stereocenters. The van der Waals surface area contributed by atoms with E-state index in [1.54, 1.807) is 19.1 Å². The minimum Gasteiger partial charge on any atom is -0.508 e. The van der Waals surface area contributed by atoms with Crippen molar-refractivity contribution in [3.8, 4) is 5.75 Å². The van der Waals surface area contributed by atoms with Crippen LogP contribution in [0.4, 0.5) is 0 Å². The first-order valence-electron chi connectivity index (χ1n) is 5.95. The molecule has 0 aliphatic heterocycles. The second-order valence-electron chi connectivity index (χ2n) is 4.52. The Morgan fingerprint density at radius 2 is 1.63 bits per heavy atom. The van der Waals surface area contributed by atoms with Gasteiger partial charge in [0.25, 0.3) is 0 Å². The summed E-state index contributed by atoms with van der Waals surface area (Å²) in [7, 11) is -1.41. The molecule has 0 spiro atoms. The predicted octanol–water partition coefficient (Wildman–Crippen LogP) is 2.41. The van der Waals surface area contributed by atoms with Gasteiger partial charge in [0.2, 0.25) is 0 Å². The van der Waals surface area contributed by atoms with Crippen LogP contribution in [0.2, 0.25) is 0 Å². The Bertz CT molecular complexity index is 566. The number of benzene rings is 2. The van der Waals surface area contributed by atoms with Crippen molar-refractivity contribution in [3.05, 3.63) is 60.2 Å². The number of rotatable bonds is 4. The van der Waals surface area contributed by atoms with Gasteiger partial charge >= 0.3 is 0 Å². The van der Waals surface area contributed by atoms with Gasteiger partial charge in [-0.3, -0.25) is 4.21 Å². The smallest absolute Gasteiger partial charge is 0.115 e. The van der Waals surface area contributed by atoms with Crippen molar-refractivity contribution in [3.63, 3.8) is 0 Å². The van der Waals surface area contributed by atoms with Gasteiger partial charge in [-0.1, -0.05) is 30.3 Å². The van der Waals surface area contributed by atoms with E-state index in [4.69, 9.17) is 0 Å². The fourth-order valence-electron chi connectivity index (χ4n) is 1.88. The molecule has 4 heteroatoms. The summed E-state index contributed by atoms with van der Waals surface area (Å²) in [5.74, 6) is 0.131. The fraction of sp³-hybridized carbons (Fsp3) is 0.200. The van der Waals surface area contributed by atoms with Crippen LogP contribution in [-0.2, 0) is 15.5 Å². The molecule has 0 aliphatic rings. The van der Waals surface area contributed by atoms with Crippen molar-refractivity contribution in [1.29, 1.82) is 0 Å². The van der Waals surface area contributed by atoms with Gasteiger partial charge in [0.05, 0.1) is 22.2 Å². The molecular formula is C15H16O3S. The van der Waals surface area contributed by atoms with Gasteiger partial charge in [0.15, 0.2) is 0 Å². The topological polar surface area (TPSA) is 57.5 Å². The van der Waals surface area contributed by atoms with Crippen molar-refractivity contribution in [1.82, 2.24) is 0 Å². The van der Waals surface area contributed by atoms with Gasteiger partial charge in [0, 0.05) is 4.90 Å². The van der Waals surface area contributed by atoms with E-state index in [2.05, 4.69) is 0 Å². The SMILES string of the molecule is CC(CO)(c1ccccc1)S(=O)c1ccc(O)cc1. The van der Waals surface area contributed by atoms with Gasteiger partial charge < -0.3 is 10.2 Å². The number of phenols is 1. The molecule has 0 bridgehead atoms. The monoisotopic (exact) mass is 276 g/mol. The largest absolute Gasteiger partial charge is 0.508 e. The van der Waals surface area contributed by atoms with Crippen molar-refractivity contribution in [2.45, 2.75) is 16.6 Å². The lowest BCUT2D eigenvalue weighted by Crippen LogP contribution is -2.32. The van der Waals surface area contributed by atoms with Crippen LogP contribution in [0.15, 0.2) is 59.5 Å². The Hall–Kier alpha value is -1.65. The fourth-order valence-corrected chi connectivity index (χ4v) is 3.25. The molecular weight excluding hydrogens is 260 g/mol. The molecule has 0 fully saturated rings. The Kier molecular flexibility index (Phi) is 4.02. The van der Waals surface area contributed by atoms with Crippen LogP contribution in [-0.4, -0.2) is 21.0 Å². The third kappa shape index (κ3) is 2.69. The molecule has 0 radical (unpaired) electrons. The summed E-state index contributed by atoms with van der Waals surface area (Å²) in [6, 6.07) is 15.5. The van der Waals surface area contributed by atoms with Gasteiger partial charge in [-0.05, 0) is 36.8 Å². The molecule has 0 aliphatic carbocycles. The highest BCUT2D eigenvalue weighted by Crippen LogP contribution is 2.32. The molecule has 2 N–H and O–H groups in total. The highest BCUT2D eigenvalue weighted by molar-refractivity contribution is 7.86. The zero-order valence-electron chi connectivity index (χ0n) is 10.6. The summed E-state index contributed by atoms with van der Waals surface area (Å²) in [6.45, 7) is 1.55. The molecule has 0 heterocycles. The van der Waals surface area contributed by atoms with E-state index < -0.39 is 15.5 Å². The summed E-state index contributed by atoms with van der Waals surface area (Å²) in [5, 5.41) is 18.9. The van der Waals surface area contributed by atoms with E-state index in [1.807, 2.05) is 30.3 Å². The minimum absolute atomic E-state index is 0.131. The van der Waals surface area contributed by atoms with Gasteiger partial charge in [-0.25, -0.2) is 0 Å². The van der Waals surface area contributed by atoms with Gasteiger partial charge in [0.1, 0.15) is 5.75 Å². The summed E-state index contributed by atoms with van der Waals surface area (Å²) in [5.41, 5.74) is 0.823. The van der Waals surface area contributed by atoms with Crippen molar-refractivity contribution in [2.75, 3.05) is 6.61 Å². The quantitative estimate of drug-likeness (QED) is 0.901. The van der Waals surface area contributed by atoms with E-state index in [0.717, 1.165) is 5.56 Å². The van der Waals surface area contributed by atoms with Crippen LogP contribution < -0.4 is 0 Å². The van der Waals surface area contributed by atoms with E-state index in [0.29, 0.717) is 4.90 Å². The Labute approximate surface area is 115 Å². The molecule has 100 valence electrons. The number of aromatic hydroxyl groups is 1. The average molecular weight is 276 g/mol. The molecule has 0 amide bonds. The van der Waals surface area contributed by atoms with E-state index in [-0.39, 0.29) is 12.4 Å². The molecule has 3 nitrogen and oxygen atoms in total. The lowest BCUT2D eigenvalue weighted by atomic mass is 10.0. The Morgan fingerprint density at radius 3 is 2.16 bits per heavy atom. The molecule has 2 aromatic rings. The number of aliphatic hydroxyl groups excluding tert-OH is 1. The highest BCUT2D eigenvalue weighted by Gasteiger charge is 2.33. The molecule has 2 atom stereocenters. The number of hydrogen-bond donors (Lipinski definition) is 2. The third-order valence-electron chi connectivity index (χ3n) is 3.15. The highest BCUT2D eigenvalue weighted by atomic mass is 32.2. The van der Waals surface area contributed by atoms with Crippen LogP contribution in [0.5, 0.6) is 5.75 Å². The van der Waals surface area contributed by atoms with Crippen molar-refractivity contribution < 1.29 is 14.4 Å². The first kappa shape index (κ1) is 13.8. The summed E-state index contributed by atoms with van der Waals surface area (Å²) in [6.07, 6.45) is 0. The number of aliphatic hydroxyl groups is 1. The van der Waals surface area contributed by atoms with Gasteiger partial charge in [-0.15, -0.1) is 0 Å². The maximum Gasteiger partial charge on any atom is 0.115 e. The molecule has 2 aromatic carbocycles. The molecule has 2 rings (SSSR count). The standard InChI is InChI=1S/C15H16O3S/c1-15(11-16,12-5-3-2-4-6-12)19(18)14-9-7-13(17)8-10-14/h2-10,16-17H,11H2,1H3. The van der Waals surface area contributed by atoms with Crippen LogP contribution >= 0.6 is 0 Å². The van der Waals surface area contributed by atoms with Crippen LogP contribution in [0.3, 0.4) is 0 Å². The Balaban J connectivity index is 2.41. The lowest BCUT2D eigenvalue weighted by Gasteiger charge is -2.27. The molecule has 0 saturated carbocycles. The molecule has 19 heavy (non-hydrogen) atoms. The normalized spacial score (nSPS) is 15.7. The first-order chi connectivity index (χ1) is 9.08. The minimum atomic E-state index is -1.41. The lowest BCUT2D eigenvalue weighted by molar-refractivity contribution is 0.254. The van der Waals surface area contributed by atoms with Gasteiger partial charge in [-0.2, -0.15) is 0 Å². The molecule has 0 aromatic heterocycles. The maximum atomic E-state index is 12.7. The maximum absolute atomic E-state index is 12.7. The second kappa shape index (κ2) is 5.55. The molecule has 0 saturated heterocycles. The van der Waals surface area contributed by atoms with Crippen molar-refractivity contribution >= 4 is 10.8 Å². The average Bonchev–Trinajstić information content (AvgIpc) is 2.47. The summed E-state index contributed by atoms with van der Waals surface area (Å²) < 4.78 is 11.8. The predicted molar refractivity (Wildman–Crippen MR) is 75.4 cm³/mol.